The molecule has 24 heavy (non-hydrogen) atoms. The number of hydrogen-bond donors (Lipinski definition) is 0. The summed E-state index contributed by atoms with van der Waals surface area (Å²) in [7, 11) is 0. The molecule has 2 aromatic heterocycles. The van der Waals surface area contributed by atoms with Crippen LogP contribution in [-0.2, 0) is 6.54 Å². The molecule has 5 nitrogen and oxygen atoms in total. The molecular weight excluding hydrogens is 300 g/mol. The molecule has 0 spiro atoms. The summed E-state index contributed by atoms with van der Waals surface area (Å²) in [5.41, 5.74) is 2.78. The van der Waals surface area contributed by atoms with Crippen LogP contribution in [0.5, 0.6) is 0 Å². The van der Waals surface area contributed by atoms with Crippen LogP contribution >= 0.6 is 0 Å². The van der Waals surface area contributed by atoms with Crippen LogP contribution in [0, 0.1) is 0 Å². The monoisotopic (exact) mass is 318 g/mol. The van der Waals surface area contributed by atoms with Gasteiger partial charge in [-0.2, -0.15) is 0 Å². The summed E-state index contributed by atoms with van der Waals surface area (Å²) in [4.78, 5) is 24.7. The number of pyridine rings is 1. The minimum atomic E-state index is 0.108. The first kappa shape index (κ1) is 13.9. The van der Waals surface area contributed by atoms with Gasteiger partial charge in [-0.3, -0.25) is 19.2 Å². The third kappa shape index (κ3) is 2.08. The lowest BCUT2D eigenvalue weighted by molar-refractivity contribution is 0.208. The fourth-order valence-electron chi connectivity index (χ4n) is 3.96. The van der Waals surface area contributed by atoms with Gasteiger partial charge < -0.3 is 0 Å². The molecule has 1 saturated heterocycles. The van der Waals surface area contributed by atoms with Crippen LogP contribution < -0.4 is 5.56 Å². The average molecular weight is 318 g/mol. The molecule has 0 amide bonds. The Kier molecular flexibility index (Phi) is 3.03. The molecule has 0 saturated carbocycles. The number of fused-ring (bicyclic) bond motifs is 3. The normalized spacial score (nSPS) is 22.3. The fourth-order valence-corrected chi connectivity index (χ4v) is 3.96. The Hall–Kier alpha value is -2.53. The maximum absolute atomic E-state index is 13.1. The minimum absolute atomic E-state index is 0.108. The number of benzene rings is 1. The second-order valence-corrected chi connectivity index (χ2v) is 6.66. The first-order valence-electron chi connectivity index (χ1n) is 8.48. The Morgan fingerprint density at radius 1 is 1.08 bits per heavy atom. The van der Waals surface area contributed by atoms with Gasteiger partial charge in [-0.05, 0) is 37.1 Å². The van der Waals surface area contributed by atoms with Gasteiger partial charge in [0.1, 0.15) is 5.82 Å². The largest absolute Gasteiger partial charge is 0.296 e. The minimum Gasteiger partial charge on any atom is -0.296 e. The number of nitrogens with zero attached hydrogens (tertiary/aromatic N) is 4. The van der Waals surface area contributed by atoms with Gasteiger partial charge in [-0.25, -0.2) is 4.98 Å². The number of rotatable bonds is 1. The molecule has 2 bridgehead atoms. The van der Waals surface area contributed by atoms with E-state index in [1.807, 2.05) is 41.0 Å². The van der Waals surface area contributed by atoms with E-state index >= 15 is 0 Å². The van der Waals surface area contributed by atoms with Crippen LogP contribution in [0.4, 0.5) is 0 Å². The third-order valence-corrected chi connectivity index (χ3v) is 5.22. The Morgan fingerprint density at radius 3 is 2.75 bits per heavy atom. The van der Waals surface area contributed by atoms with Gasteiger partial charge in [0.15, 0.2) is 0 Å². The van der Waals surface area contributed by atoms with E-state index < -0.39 is 0 Å². The molecule has 0 unspecified atom stereocenters. The van der Waals surface area contributed by atoms with E-state index in [1.54, 1.807) is 6.20 Å². The summed E-state index contributed by atoms with van der Waals surface area (Å²) in [6.45, 7) is 2.89. The zero-order chi connectivity index (χ0) is 16.1. The fraction of sp³-hybridized carbons (Fsp3) is 0.316. The average Bonchev–Trinajstić information content (AvgIpc) is 2.91. The molecule has 6 rings (SSSR count). The Morgan fingerprint density at radius 2 is 1.96 bits per heavy atom. The third-order valence-electron chi connectivity index (χ3n) is 5.22. The predicted octanol–water partition coefficient (Wildman–Crippen LogP) is 2.61. The lowest BCUT2D eigenvalue weighted by Gasteiger charge is -2.26. The van der Waals surface area contributed by atoms with Gasteiger partial charge >= 0.3 is 0 Å². The van der Waals surface area contributed by atoms with Gasteiger partial charge in [-0.15, -0.1) is 0 Å². The standard InChI is InChI=1S/C19H18N4O/c24-19-15-5-4-13(16-3-1-2-8-20-16)11-17(15)21-18-12-22-9-6-14(7-10-22)23(18)19/h1-5,8,11,14H,6-7,9-10,12H2. The first-order chi connectivity index (χ1) is 11.8. The van der Waals surface area contributed by atoms with E-state index in [0.717, 1.165) is 55.1 Å². The summed E-state index contributed by atoms with van der Waals surface area (Å²) in [5.74, 6) is 0.908. The highest BCUT2D eigenvalue weighted by Crippen LogP contribution is 2.29. The molecule has 0 aliphatic carbocycles. The first-order valence-corrected chi connectivity index (χ1v) is 8.48. The summed E-state index contributed by atoms with van der Waals surface area (Å²) in [6.07, 6.45) is 3.88. The molecule has 1 fully saturated rings. The van der Waals surface area contributed by atoms with Crippen molar-refractivity contribution in [1.82, 2.24) is 19.4 Å². The summed E-state index contributed by atoms with van der Waals surface area (Å²) in [6, 6.07) is 12.0. The Balaban J connectivity index is 1.73. The van der Waals surface area contributed by atoms with Crippen molar-refractivity contribution in [2.45, 2.75) is 25.4 Å². The van der Waals surface area contributed by atoms with Crippen molar-refractivity contribution in [3.05, 3.63) is 58.8 Å². The lowest BCUT2D eigenvalue weighted by atomic mass is 10.1. The topological polar surface area (TPSA) is 51.0 Å². The van der Waals surface area contributed by atoms with Gasteiger partial charge in [0.2, 0.25) is 0 Å². The van der Waals surface area contributed by atoms with Crippen molar-refractivity contribution in [2.24, 2.45) is 0 Å². The molecule has 5 heterocycles. The van der Waals surface area contributed by atoms with Crippen molar-refractivity contribution >= 4 is 10.9 Å². The highest BCUT2D eigenvalue weighted by molar-refractivity contribution is 5.83. The van der Waals surface area contributed by atoms with Gasteiger partial charge in [-0.1, -0.05) is 12.1 Å². The second-order valence-electron chi connectivity index (χ2n) is 6.66. The highest BCUT2D eigenvalue weighted by atomic mass is 16.1. The van der Waals surface area contributed by atoms with Crippen molar-refractivity contribution in [2.75, 3.05) is 13.1 Å². The molecule has 5 heteroatoms. The summed E-state index contributed by atoms with van der Waals surface area (Å²) >= 11 is 0. The van der Waals surface area contributed by atoms with E-state index in [4.69, 9.17) is 4.98 Å². The van der Waals surface area contributed by atoms with Crippen LogP contribution in [0.1, 0.15) is 24.7 Å². The van der Waals surface area contributed by atoms with E-state index in [0.29, 0.717) is 11.4 Å². The molecule has 1 aromatic carbocycles. The van der Waals surface area contributed by atoms with E-state index in [9.17, 15) is 4.79 Å². The predicted molar refractivity (Wildman–Crippen MR) is 92.8 cm³/mol. The molecule has 120 valence electrons. The molecule has 0 radical (unpaired) electrons. The van der Waals surface area contributed by atoms with Crippen molar-refractivity contribution < 1.29 is 0 Å². The maximum Gasteiger partial charge on any atom is 0.261 e. The van der Waals surface area contributed by atoms with E-state index in [1.165, 1.54) is 0 Å². The van der Waals surface area contributed by atoms with Crippen LogP contribution in [-0.4, -0.2) is 32.5 Å². The SMILES string of the molecule is O=c1c2ccc(-c3ccccn3)cc2nc2n1C1CCN(CC1)C2. The maximum atomic E-state index is 13.1. The summed E-state index contributed by atoms with van der Waals surface area (Å²) in [5, 5.41) is 0.707. The van der Waals surface area contributed by atoms with E-state index in [2.05, 4.69) is 9.88 Å². The molecule has 3 aliphatic rings. The number of aromatic nitrogens is 3. The zero-order valence-electron chi connectivity index (χ0n) is 13.4. The molecular formula is C19H18N4O. The molecule has 3 aromatic rings. The van der Waals surface area contributed by atoms with Gasteiger partial charge in [0, 0.05) is 30.9 Å². The smallest absolute Gasteiger partial charge is 0.261 e. The molecule has 3 aliphatic heterocycles. The van der Waals surface area contributed by atoms with Crippen LogP contribution in [0.3, 0.4) is 0 Å². The highest BCUT2D eigenvalue weighted by Gasteiger charge is 2.29. The van der Waals surface area contributed by atoms with Crippen LogP contribution in [0.15, 0.2) is 47.4 Å². The zero-order valence-corrected chi connectivity index (χ0v) is 13.4. The summed E-state index contributed by atoms with van der Waals surface area (Å²) < 4.78 is 1.95. The number of piperidine rings is 1. The van der Waals surface area contributed by atoms with Gasteiger partial charge in [0.25, 0.3) is 5.56 Å². The van der Waals surface area contributed by atoms with Gasteiger partial charge in [0.05, 0.1) is 23.1 Å². The Labute approximate surface area is 139 Å². The molecule has 0 atom stereocenters. The second kappa shape index (κ2) is 5.24. The van der Waals surface area contributed by atoms with Crippen molar-refractivity contribution in [1.29, 1.82) is 0 Å². The van der Waals surface area contributed by atoms with Crippen molar-refractivity contribution in [3.63, 3.8) is 0 Å². The van der Waals surface area contributed by atoms with Crippen LogP contribution in [0.25, 0.3) is 22.2 Å². The molecule has 0 N–H and O–H groups in total. The van der Waals surface area contributed by atoms with E-state index in [-0.39, 0.29) is 5.56 Å². The van der Waals surface area contributed by atoms with Crippen LogP contribution in [0.2, 0.25) is 0 Å². The number of hydrogen-bond acceptors (Lipinski definition) is 4. The van der Waals surface area contributed by atoms with Crippen molar-refractivity contribution in [3.8, 4) is 11.3 Å². The quantitative estimate of drug-likeness (QED) is 0.692. The Bertz CT molecular complexity index is 972. The lowest BCUT2D eigenvalue weighted by Crippen LogP contribution is -2.31.